The number of hydrogen-bond acceptors (Lipinski definition) is 3. The van der Waals surface area contributed by atoms with Crippen LogP contribution in [-0.2, 0) is 4.79 Å². The Kier molecular flexibility index (Phi) is 4.35. The molecule has 0 aromatic carbocycles. The summed E-state index contributed by atoms with van der Waals surface area (Å²) in [4.78, 5) is 13.6. The molecule has 0 radical (unpaired) electrons. The normalized spacial score (nSPS) is 24.9. The van der Waals surface area contributed by atoms with Crippen LogP contribution in [-0.4, -0.2) is 43.0 Å². The van der Waals surface area contributed by atoms with E-state index < -0.39 is 6.04 Å². The Hall–Kier alpha value is -0.610. The van der Waals surface area contributed by atoms with Gasteiger partial charge in [0.15, 0.2) is 0 Å². The molecule has 0 aromatic heterocycles. The van der Waals surface area contributed by atoms with Crippen LogP contribution in [0.25, 0.3) is 0 Å². The Morgan fingerprint density at radius 3 is 2.93 bits per heavy atom. The van der Waals surface area contributed by atoms with Gasteiger partial charge in [-0.3, -0.25) is 4.79 Å². The summed E-state index contributed by atoms with van der Waals surface area (Å²) in [5.74, 6) is 0.567. The molecule has 0 aromatic rings. The molecular weight excluding hydrogens is 178 g/mol. The van der Waals surface area contributed by atoms with Crippen molar-refractivity contribution in [1.29, 1.82) is 0 Å². The lowest BCUT2D eigenvalue weighted by molar-refractivity contribution is -0.122. The van der Waals surface area contributed by atoms with E-state index in [1.165, 1.54) is 6.42 Å². The quantitative estimate of drug-likeness (QED) is 0.659. The Morgan fingerprint density at radius 2 is 2.43 bits per heavy atom. The molecule has 0 aliphatic carbocycles. The van der Waals surface area contributed by atoms with Crippen molar-refractivity contribution in [2.24, 2.45) is 11.7 Å². The highest BCUT2D eigenvalue weighted by atomic mass is 16.2. The fourth-order valence-electron chi connectivity index (χ4n) is 1.77. The summed E-state index contributed by atoms with van der Waals surface area (Å²) >= 11 is 0. The predicted molar refractivity (Wildman–Crippen MR) is 56.9 cm³/mol. The van der Waals surface area contributed by atoms with Crippen LogP contribution in [0.1, 0.15) is 20.3 Å². The number of rotatable bonds is 4. The van der Waals surface area contributed by atoms with Crippen molar-refractivity contribution < 1.29 is 4.79 Å². The van der Waals surface area contributed by atoms with Crippen LogP contribution in [0.15, 0.2) is 0 Å². The fourth-order valence-corrected chi connectivity index (χ4v) is 1.77. The molecule has 1 aliphatic heterocycles. The number of nitrogens with zero attached hydrogens (tertiary/aromatic N) is 1. The monoisotopic (exact) mass is 199 g/mol. The first-order chi connectivity index (χ1) is 6.63. The molecule has 82 valence electrons. The highest BCUT2D eigenvalue weighted by molar-refractivity contribution is 5.80. The van der Waals surface area contributed by atoms with Gasteiger partial charge in [-0.1, -0.05) is 6.92 Å². The van der Waals surface area contributed by atoms with Gasteiger partial charge in [-0.15, -0.1) is 0 Å². The van der Waals surface area contributed by atoms with Gasteiger partial charge in [0.1, 0.15) is 0 Å². The van der Waals surface area contributed by atoms with Crippen molar-refractivity contribution in [3.8, 4) is 0 Å². The number of hydrogen-bond donors (Lipinski definition) is 2. The maximum atomic E-state index is 11.2. The van der Waals surface area contributed by atoms with Crippen molar-refractivity contribution in [2.75, 3.05) is 26.2 Å². The van der Waals surface area contributed by atoms with Gasteiger partial charge in [-0.25, -0.2) is 0 Å². The molecule has 1 saturated heterocycles. The molecule has 1 amide bonds. The first-order valence-corrected chi connectivity index (χ1v) is 5.39. The maximum Gasteiger partial charge on any atom is 0.236 e. The third kappa shape index (κ3) is 3.27. The van der Waals surface area contributed by atoms with Crippen LogP contribution in [0.5, 0.6) is 0 Å². The largest absolute Gasteiger partial charge is 0.354 e. The number of carbonyl (C=O) groups is 1. The number of nitrogens with one attached hydrogen (secondary N) is 1. The van der Waals surface area contributed by atoms with E-state index in [-0.39, 0.29) is 5.91 Å². The van der Waals surface area contributed by atoms with Crippen LogP contribution in [0.3, 0.4) is 0 Å². The number of likely N-dealkylation sites (tertiary alicyclic amines) is 1. The number of nitrogens with two attached hydrogens (primary N) is 1. The van der Waals surface area contributed by atoms with Crippen molar-refractivity contribution >= 4 is 5.91 Å². The van der Waals surface area contributed by atoms with E-state index in [9.17, 15) is 4.79 Å². The molecule has 4 heteroatoms. The maximum absolute atomic E-state index is 11.2. The summed E-state index contributed by atoms with van der Waals surface area (Å²) in [5.41, 5.74) is 5.45. The van der Waals surface area contributed by atoms with E-state index in [4.69, 9.17) is 5.73 Å². The topological polar surface area (TPSA) is 58.4 Å². The third-order valence-electron chi connectivity index (χ3n) is 2.80. The van der Waals surface area contributed by atoms with E-state index in [0.717, 1.165) is 26.2 Å². The van der Waals surface area contributed by atoms with E-state index in [1.807, 2.05) is 0 Å². The molecule has 4 nitrogen and oxygen atoms in total. The zero-order valence-corrected chi connectivity index (χ0v) is 9.12. The van der Waals surface area contributed by atoms with E-state index in [1.54, 1.807) is 6.92 Å². The molecule has 1 aliphatic rings. The second kappa shape index (κ2) is 5.32. The van der Waals surface area contributed by atoms with E-state index in [0.29, 0.717) is 5.92 Å². The average Bonchev–Trinajstić information content (AvgIpc) is 2.61. The molecule has 1 heterocycles. The Morgan fingerprint density at radius 1 is 1.71 bits per heavy atom. The molecule has 0 bridgehead atoms. The molecular formula is C10H21N3O. The smallest absolute Gasteiger partial charge is 0.236 e. The molecule has 3 N–H and O–H groups in total. The zero-order chi connectivity index (χ0) is 10.6. The van der Waals surface area contributed by atoms with E-state index in [2.05, 4.69) is 17.1 Å². The predicted octanol–water partition coefficient (Wildman–Crippen LogP) is -0.208. The lowest BCUT2D eigenvalue weighted by Crippen LogP contribution is -2.40. The first kappa shape index (κ1) is 11.5. The highest BCUT2D eigenvalue weighted by Gasteiger charge is 2.21. The van der Waals surface area contributed by atoms with Gasteiger partial charge in [-0.2, -0.15) is 0 Å². The summed E-state index contributed by atoms with van der Waals surface area (Å²) in [7, 11) is 0. The van der Waals surface area contributed by atoms with Gasteiger partial charge in [0.25, 0.3) is 0 Å². The van der Waals surface area contributed by atoms with Gasteiger partial charge in [0.05, 0.1) is 6.04 Å². The van der Waals surface area contributed by atoms with Crippen LogP contribution >= 0.6 is 0 Å². The minimum atomic E-state index is -0.390. The molecule has 1 fully saturated rings. The summed E-state index contributed by atoms with van der Waals surface area (Å²) in [6.45, 7) is 8.03. The number of carbonyl (C=O) groups excluding carboxylic acids is 1. The second-order valence-corrected chi connectivity index (χ2v) is 4.08. The molecule has 0 saturated carbocycles. The van der Waals surface area contributed by atoms with Crippen LogP contribution < -0.4 is 11.1 Å². The minimum Gasteiger partial charge on any atom is -0.354 e. The van der Waals surface area contributed by atoms with Crippen molar-refractivity contribution in [1.82, 2.24) is 10.2 Å². The van der Waals surface area contributed by atoms with Crippen LogP contribution in [0, 0.1) is 5.92 Å². The molecule has 2 atom stereocenters. The van der Waals surface area contributed by atoms with Gasteiger partial charge < -0.3 is 16.0 Å². The summed E-state index contributed by atoms with van der Waals surface area (Å²) in [6.07, 6.45) is 1.19. The Bertz CT molecular complexity index is 194. The standard InChI is InChI=1S/C10H21N3O/c1-3-13-5-4-9(7-13)6-12-10(14)8(2)11/h8-9H,3-7,11H2,1-2H3,(H,12,14)/t8-,9?/m0/s1. The SMILES string of the molecule is CCN1CCC(CNC(=O)[C@H](C)N)C1. The van der Waals surface area contributed by atoms with Crippen LogP contribution in [0.2, 0.25) is 0 Å². The van der Waals surface area contributed by atoms with Crippen LogP contribution in [0.4, 0.5) is 0 Å². The third-order valence-corrected chi connectivity index (χ3v) is 2.80. The highest BCUT2D eigenvalue weighted by Crippen LogP contribution is 2.14. The van der Waals surface area contributed by atoms with Gasteiger partial charge in [0, 0.05) is 13.1 Å². The lowest BCUT2D eigenvalue weighted by Gasteiger charge is -2.14. The van der Waals surface area contributed by atoms with Crippen molar-refractivity contribution in [3.63, 3.8) is 0 Å². The van der Waals surface area contributed by atoms with Gasteiger partial charge >= 0.3 is 0 Å². The summed E-state index contributed by atoms with van der Waals surface area (Å²) < 4.78 is 0. The summed E-state index contributed by atoms with van der Waals surface area (Å²) in [6, 6.07) is -0.390. The fraction of sp³-hybridized carbons (Fsp3) is 0.900. The molecule has 14 heavy (non-hydrogen) atoms. The zero-order valence-electron chi connectivity index (χ0n) is 9.12. The van der Waals surface area contributed by atoms with Crippen molar-refractivity contribution in [3.05, 3.63) is 0 Å². The Balaban J connectivity index is 2.17. The lowest BCUT2D eigenvalue weighted by atomic mass is 10.1. The second-order valence-electron chi connectivity index (χ2n) is 4.08. The number of amides is 1. The molecule has 1 rings (SSSR count). The Labute approximate surface area is 85.8 Å². The van der Waals surface area contributed by atoms with E-state index >= 15 is 0 Å². The van der Waals surface area contributed by atoms with Gasteiger partial charge in [0.2, 0.25) is 5.91 Å². The minimum absolute atomic E-state index is 0.0417. The summed E-state index contributed by atoms with van der Waals surface area (Å²) in [5, 5.41) is 2.88. The van der Waals surface area contributed by atoms with Gasteiger partial charge in [-0.05, 0) is 32.4 Å². The first-order valence-electron chi connectivity index (χ1n) is 5.39. The average molecular weight is 199 g/mol. The molecule has 0 spiro atoms. The van der Waals surface area contributed by atoms with Crippen molar-refractivity contribution in [2.45, 2.75) is 26.3 Å². The molecule has 1 unspecified atom stereocenters.